The smallest absolute Gasteiger partial charge is 0.142 e. The number of nitrogens with one attached hydrogen (secondary N) is 1. The molecule has 0 aliphatic carbocycles. The average Bonchev–Trinajstić information content (AvgIpc) is 3.06. The highest BCUT2D eigenvalue weighted by Crippen LogP contribution is 2.34. The second-order valence-corrected chi connectivity index (χ2v) is 11.2. The van der Waals surface area contributed by atoms with Crippen LogP contribution in [0.3, 0.4) is 0 Å². The number of nitrogens with two attached hydrogens (primary N) is 1. The number of anilines is 1. The third-order valence-corrected chi connectivity index (χ3v) is 8.22. The molecule has 2 heterocycles. The van der Waals surface area contributed by atoms with Crippen LogP contribution in [0.15, 0.2) is 66.7 Å². The van der Waals surface area contributed by atoms with Crippen molar-refractivity contribution in [1.29, 1.82) is 0 Å². The van der Waals surface area contributed by atoms with Crippen LogP contribution in [0.1, 0.15) is 48.3 Å². The zero-order chi connectivity index (χ0) is 29.7. The number of methoxy groups -OCH3 is 1. The van der Waals surface area contributed by atoms with Crippen molar-refractivity contribution >= 4 is 5.69 Å². The van der Waals surface area contributed by atoms with Gasteiger partial charge in [-0.25, -0.2) is 0 Å². The Balaban J connectivity index is 1.08. The van der Waals surface area contributed by atoms with Crippen molar-refractivity contribution in [1.82, 2.24) is 5.32 Å². The zero-order valence-corrected chi connectivity index (χ0v) is 25.5. The minimum atomic E-state index is 0.105. The summed E-state index contributed by atoms with van der Waals surface area (Å²) in [5.41, 5.74) is 10.4. The summed E-state index contributed by atoms with van der Waals surface area (Å²) in [6, 6.07) is 22.9. The molecule has 8 heteroatoms. The van der Waals surface area contributed by atoms with Gasteiger partial charge >= 0.3 is 0 Å². The lowest BCUT2D eigenvalue weighted by molar-refractivity contribution is 0.0106. The van der Waals surface area contributed by atoms with E-state index in [4.69, 9.17) is 29.4 Å². The number of hydrogen-bond donors (Lipinski definition) is 2. The number of piperidine rings is 1. The molecule has 1 saturated heterocycles. The first kappa shape index (κ1) is 31.1. The van der Waals surface area contributed by atoms with Crippen LogP contribution in [0.2, 0.25) is 0 Å². The van der Waals surface area contributed by atoms with Gasteiger partial charge in [-0.05, 0) is 73.8 Å². The molecular weight excluding hydrogens is 542 g/mol. The molecular formula is C35H47N3O5. The van der Waals surface area contributed by atoms with Crippen molar-refractivity contribution in [2.75, 3.05) is 64.6 Å². The van der Waals surface area contributed by atoms with Crippen LogP contribution in [0.5, 0.6) is 17.2 Å². The minimum absolute atomic E-state index is 0.105. The first-order chi connectivity index (χ1) is 21.2. The first-order valence-electron chi connectivity index (χ1n) is 15.7. The Morgan fingerprint density at radius 2 is 1.86 bits per heavy atom. The van der Waals surface area contributed by atoms with Crippen LogP contribution in [-0.2, 0) is 22.7 Å². The number of hydrogen-bond acceptors (Lipinski definition) is 8. The van der Waals surface area contributed by atoms with Gasteiger partial charge in [0.15, 0.2) is 0 Å². The van der Waals surface area contributed by atoms with Gasteiger partial charge in [-0.1, -0.05) is 36.4 Å². The lowest BCUT2D eigenvalue weighted by atomic mass is 9.87. The lowest BCUT2D eigenvalue weighted by Crippen LogP contribution is -2.41. The topological polar surface area (TPSA) is 87.4 Å². The van der Waals surface area contributed by atoms with E-state index in [2.05, 4.69) is 52.7 Å². The quantitative estimate of drug-likeness (QED) is 0.218. The summed E-state index contributed by atoms with van der Waals surface area (Å²) in [5, 5.41) is 3.52. The molecule has 1 fully saturated rings. The van der Waals surface area contributed by atoms with Crippen LogP contribution in [0.25, 0.3) is 0 Å². The number of ether oxygens (including phenoxy) is 5. The van der Waals surface area contributed by atoms with Gasteiger partial charge < -0.3 is 39.6 Å². The standard InChI is InChI=1S/C35H47N3O5/c1-39-33-8-3-2-7-29(33)26-40-20-6-21-41-30-12-10-28(11-13-30)31-15-17-37-24-35(31)43-25-27-9-14-34-32(23-27)38(19-22-42-34)18-5-4-16-36/h2-3,7-14,23,31,35,37H,4-6,15-22,24-26,36H2,1H3. The minimum Gasteiger partial charge on any atom is -0.496 e. The van der Waals surface area contributed by atoms with E-state index in [9.17, 15) is 0 Å². The first-order valence-corrected chi connectivity index (χ1v) is 15.7. The summed E-state index contributed by atoms with van der Waals surface area (Å²) in [7, 11) is 1.68. The molecule has 2 atom stereocenters. The van der Waals surface area contributed by atoms with E-state index in [1.165, 1.54) is 16.8 Å². The fraction of sp³-hybridized carbons (Fsp3) is 0.486. The largest absolute Gasteiger partial charge is 0.496 e. The zero-order valence-electron chi connectivity index (χ0n) is 25.5. The van der Waals surface area contributed by atoms with Crippen molar-refractivity contribution in [2.45, 2.75) is 50.9 Å². The Kier molecular flexibility index (Phi) is 12.0. The van der Waals surface area contributed by atoms with E-state index in [1.807, 2.05) is 24.3 Å². The third-order valence-electron chi connectivity index (χ3n) is 8.22. The Bertz CT molecular complexity index is 1250. The van der Waals surface area contributed by atoms with Gasteiger partial charge in [0.2, 0.25) is 0 Å². The van der Waals surface area contributed by atoms with E-state index in [0.29, 0.717) is 32.3 Å². The highest BCUT2D eigenvalue weighted by Gasteiger charge is 2.27. The molecule has 3 aromatic carbocycles. The predicted octanol–water partition coefficient (Wildman–Crippen LogP) is 5.28. The van der Waals surface area contributed by atoms with Crippen LogP contribution < -0.4 is 30.2 Å². The van der Waals surface area contributed by atoms with Gasteiger partial charge in [0, 0.05) is 31.0 Å². The van der Waals surface area contributed by atoms with Crippen LogP contribution >= 0.6 is 0 Å². The molecule has 0 saturated carbocycles. The van der Waals surface area contributed by atoms with Crippen LogP contribution in [-0.4, -0.2) is 65.8 Å². The van der Waals surface area contributed by atoms with Crippen molar-refractivity contribution in [3.63, 3.8) is 0 Å². The molecule has 0 aromatic heterocycles. The van der Waals surface area contributed by atoms with E-state index in [-0.39, 0.29) is 6.10 Å². The molecule has 0 radical (unpaired) electrons. The Hall–Kier alpha value is -3.30. The summed E-state index contributed by atoms with van der Waals surface area (Å²) in [6.45, 7) is 7.57. The third kappa shape index (κ3) is 8.86. The molecule has 0 spiro atoms. The fourth-order valence-electron chi connectivity index (χ4n) is 5.84. The Morgan fingerprint density at radius 1 is 0.977 bits per heavy atom. The normalized spacial score (nSPS) is 18.1. The molecule has 0 amide bonds. The molecule has 232 valence electrons. The van der Waals surface area contributed by atoms with Crippen molar-refractivity contribution in [3.8, 4) is 17.2 Å². The second-order valence-electron chi connectivity index (χ2n) is 11.2. The van der Waals surface area contributed by atoms with Crippen molar-refractivity contribution in [3.05, 3.63) is 83.4 Å². The van der Waals surface area contributed by atoms with Gasteiger partial charge in [0.1, 0.15) is 23.9 Å². The number of para-hydroxylation sites is 1. The number of benzene rings is 3. The maximum Gasteiger partial charge on any atom is 0.142 e. The van der Waals surface area contributed by atoms with Gasteiger partial charge in [0.05, 0.1) is 51.9 Å². The maximum absolute atomic E-state index is 6.55. The van der Waals surface area contributed by atoms with E-state index < -0.39 is 0 Å². The molecule has 0 bridgehead atoms. The second kappa shape index (κ2) is 16.5. The van der Waals surface area contributed by atoms with Gasteiger partial charge in [-0.2, -0.15) is 0 Å². The molecule has 2 aliphatic heterocycles. The van der Waals surface area contributed by atoms with E-state index in [1.54, 1.807) is 7.11 Å². The average molecular weight is 590 g/mol. The highest BCUT2D eigenvalue weighted by atomic mass is 16.5. The Labute approximate surface area is 256 Å². The molecule has 2 unspecified atom stereocenters. The number of fused-ring (bicyclic) bond motifs is 1. The van der Waals surface area contributed by atoms with Gasteiger partial charge in [-0.15, -0.1) is 0 Å². The fourth-order valence-corrected chi connectivity index (χ4v) is 5.84. The van der Waals surface area contributed by atoms with Gasteiger partial charge in [0.25, 0.3) is 0 Å². The maximum atomic E-state index is 6.55. The highest BCUT2D eigenvalue weighted by molar-refractivity contribution is 5.61. The van der Waals surface area contributed by atoms with Crippen LogP contribution in [0, 0.1) is 0 Å². The molecule has 43 heavy (non-hydrogen) atoms. The van der Waals surface area contributed by atoms with Crippen molar-refractivity contribution < 1.29 is 23.7 Å². The van der Waals surface area contributed by atoms with E-state index in [0.717, 1.165) is 87.8 Å². The van der Waals surface area contributed by atoms with Crippen molar-refractivity contribution in [2.24, 2.45) is 5.73 Å². The molecule has 8 nitrogen and oxygen atoms in total. The lowest BCUT2D eigenvalue weighted by Gasteiger charge is -2.33. The monoisotopic (exact) mass is 589 g/mol. The summed E-state index contributed by atoms with van der Waals surface area (Å²) in [6.07, 6.45) is 4.10. The molecule has 5 rings (SSSR count). The Morgan fingerprint density at radius 3 is 2.72 bits per heavy atom. The predicted molar refractivity (Wildman–Crippen MR) is 170 cm³/mol. The van der Waals surface area contributed by atoms with E-state index >= 15 is 0 Å². The molecule has 2 aliphatic rings. The number of nitrogens with zero attached hydrogens (tertiary/aromatic N) is 1. The SMILES string of the molecule is COc1ccccc1COCCCOc1ccc(C2CCNCC2OCc2ccc3c(c2)N(CCCCN)CCO3)cc1. The van der Waals surface area contributed by atoms with Crippen LogP contribution in [0.4, 0.5) is 5.69 Å². The molecule has 3 N–H and O–H groups in total. The number of unbranched alkanes of at least 4 members (excludes halogenated alkanes) is 1. The summed E-state index contributed by atoms with van der Waals surface area (Å²) < 4.78 is 29.7. The summed E-state index contributed by atoms with van der Waals surface area (Å²) in [5.74, 6) is 3.04. The summed E-state index contributed by atoms with van der Waals surface area (Å²) >= 11 is 0. The molecule has 3 aromatic rings. The summed E-state index contributed by atoms with van der Waals surface area (Å²) in [4.78, 5) is 2.42. The van der Waals surface area contributed by atoms with Gasteiger partial charge in [-0.3, -0.25) is 0 Å². The number of rotatable bonds is 16.